The highest BCUT2D eigenvalue weighted by atomic mass is 32.2. The number of pyridine rings is 3. The number of hydrogen-bond acceptors (Lipinski definition) is 7. The molecular formula is C28H23F2N5O4S. The summed E-state index contributed by atoms with van der Waals surface area (Å²) in [4.78, 5) is 25.8. The molecule has 0 aliphatic carbocycles. The number of nitrogens with one attached hydrogen (secondary N) is 1. The van der Waals surface area contributed by atoms with E-state index in [0.29, 0.717) is 11.2 Å². The van der Waals surface area contributed by atoms with Crippen molar-refractivity contribution in [3.63, 3.8) is 0 Å². The average molecular weight is 564 g/mol. The van der Waals surface area contributed by atoms with Gasteiger partial charge in [0.1, 0.15) is 10.5 Å². The highest BCUT2D eigenvalue weighted by Crippen LogP contribution is 2.35. The lowest BCUT2D eigenvalue weighted by atomic mass is 10.1. The topological polar surface area (TPSA) is 116 Å². The van der Waals surface area contributed by atoms with Crippen molar-refractivity contribution in [3.8, 4) is 17.0 Å². The van der Waals surface area contributed by atoms with Crippen LogP contribution in [-0.4, -0.2) is 46.0 Å². The number of fused-ring (bicyclic) bond motifs is 3. The van der Waals surface area contributed by atoms with Crippen LogP contribution in [0.4, 0.5) is 8.78 Å². The van der Waals surface area contributed by atoms with Gasteiger partial charge in [0.25, 0.3) is 5.91 Å². The first-order valence-electron chi connectivity index (χ1n) is 12.6. The Balaban J connectivity index is 1.26. The molecule has 1 aliphatic heterocycles. The number of rotatable bonds is 5. The van der Waals surface area contributed by atoms with Gasteiger partial charge in [-0.1, -0.05) is 0 Å². The number of hydrogen-bond donors (Lipinski definition) is 1. The molecule has 0 fully saturated rings. The molecule has 5 aromatic rings. The summed E-state index contributed by atoms with van der Waals surface area (Å²) in [5.41, 5.74) is 1.17. The molecule has 40 heavy (non-hydrogen) atoms. The van der Waals surface area contributed by atoms with Crippen LogP contribution in [0.3, 0.4) is 0 Å². The van der Waals surface area contributed by atoms with E-state index < -0.39 is 44.1 Å². The van der Waals surface area contributed by atoms with Gasteiger partial charge in [-0.15, -0.1) is 0 Å². The summed E-state index contributed by atoms with van der Waals surface area (Å²) in [7, 11) is -4.51. The van der Waals surface area contributed by atoms with Crippen LogP contribution in [0.1, 0.15) is 29.4 Å². The predicted octanol–water partition coefficient (Wildman–Crippen LogP) is 4.59. The summed E-state index contributed by atoms with van der Waals surface area (Å²) in [6, 6.07) is 11.3. The van der Waals surface area contributed by atoms with Crippen LogP contribution in [0, 0.1) is 5.82 Å². The smallest absolute Gasteiger partial charge is 0.251 e. The second kappa shape index (κ2) is 9.94. The van der Waals surface area contributed by atoms with Gasteiger partial charge in [0, 0.05) is 53.5 Å². The Hall–Kier alpha value is -4.45. The van der Waals surface area contributed by atoms with E-state index in [1.54, 1.807) is 18.5 Å². The van der Waals surface area contributed by atoms with Crippen LogP contribution < -0.4 is 10.1 Å². The van der Waals surface area contributed by atoms with Gasteiger partial charge in [0.05, 0.1) is 30.1 Å². The van der Waals surface area contributed by atoms with Crippen LogP contribution in [0.25, 0.3) is 33.2 Å². The fraction of sp³-hybridized carbons (Fsp3) is 0.214. The third-order valence-electron chi connectivity index (χ3n) is 6.85. The van der Waals surface area contributed by atoms with Gasteiger partial charge in [-0.05, 0) is 49.4 Å². The third kappa shape index (κ3) is 4.43. The van der Waals surface area contributed by atoms with Gasteiger partial charge >= 0.3 is 0 Å². The third-order valence-corrected chi connectivity index (χ3v) is 8.67. The van der Waals surface area contributed by atoms with E-state index in [1.165, 1.54) is 0 Å². The van der Waals surface area contributed by atoms with E-state index in [-0.39, 0.29) is 18.7 Å². The molecule has 1 N–H and O–H groups in total. The van der Waals surface area contributed by atoms with Crippen molar-refractivity contribution in [2.45, 2.75) is 36.8 Å². The van der Waals surface area contributed by atoms with Crippen molar-refractivity contribution in [1.29, 1.82) is 0 Å². The first kappa shape index (κ1) is 25.8. The second-order valence-corrected chi connectivity index (χ2v) is 11.4. The number of carbonyl (C=O) groups is 1. The number of nitrogens with zero attached hydrogens (tertiary/aromatic N) is 4. The van der Waals surface area contributed by atoms with E-state index >= 15 is 0 Å². The van der Waals surface area contributed by atoms with E-state index in [0.717, 1.165) is 46.4 Å². The lowest BCUT2D eigenvalue weighted by Gasteiger charge is -2.12. The van der Waals surface area contributed by atoms with Crippen molar-refractivity contribution in [2.75, 3.05) is 6.61 Å². The van der Waals surface area contributed by atoms with Crippen LogP contribution in [-0.2, 0) is 22.9 Å². The number of sulfone groups is 1. The summed E-state index contributed by atoms with van der Waals surface area (Å²) in [5, 5.41) is 4.40. The number of benzene rings is 1. The first-order chi connectivity index (χ1) is 19.3. The van der Waals surface area contributed by atoms with E-state index in [1.807, 2.05) is 37.4 Å². The molecular weight excluding hydrogens is 540 g/mol. The SMILES string of the molecule is CCn1ccc2c(-c3ccc4cnc(CNC(=O)c5cc(F)c6c(c5)S(=O)(=O)[C@@H](F)CCO6)cc4n3)ccnc21. The lowest BCUT2D eigenvalue weighted by molar-refractivity contribution is 0.0949. The zero-order valence-corrected chi connectivity index (χ0v) is 22.1. The Morgan fingerprint density at radius 2 is 2.02 bits per heavy atom. The molecule has 0 saturated carbocycles. The quantitative estimate of drug-likeness (QED) is 0.333. The maximum atomic E-state index is 14.7. The molecule has 12 heteroatoms. The summed E-state index contributed by atoms with van der Waals surface area (Å²) < 4.78 is 61.0. The van der Waals surface area contributed by atoms with Gasteiger partial charge < -0.3 is 14.6 Å². The summed E-state index contributed by atoms with van der Waals surface area (Å²) >= 11 is 0. The fourth-order valence-corrected chi connectivity index (χ4v) is 6.13. The second-order valence-electron chi connectivity index (χ2n) is 9.32. The Bertz CT molecular complexity index is 1910. The maximum Gasteiger partial charge on any atom is 0.251 e. The minimum atomic E-state index is -4.51. The van der Waals surface area contributed by atoms with Gasteiger partial charge in [0.2, 0.25) is 15.3 Å². The Morgan fingerprint density at radius 1 is 1.18 bits per heavy atom. The molecule has 0 bridgehead atoms. The maximum absolute atomic E-state index is 14.7. The Kier molecular flexibility index (Phi) is 6.41. The van der Waals surface area contributed by atoms with Crippen molar-refractivity contribution < 1.29 is 26.7 Å². The molecule has 0 spiro atoms. The predicted molar refractivity (Wildman–Crippen MR) is 144 cm³/mol. The van der Waals surface area contributed by atoms with Gasteiger partial charge in [-0.3, -0.25) is 9.78 Å². The lowest BCUT2D eigenvalue weighted by Crippen LogP contribution is -2.24. The van der Waals surface area contributed by atoms with E-state index in [9.17, 15) is 22.0 Å². The molecule has 4 aromatic heterocycles. The molecule has 0 saturated heterocycles. The summed E-state index contributed by atoms with van der Waals surface area (Å²) in [6.45, 7) is 2.52. The summed E-state index contributed by atoms with van der Waals surface area (Å²) in [5.74, 6) is -2.38. The molecule has 6 rings (SSSR count). The molecule has 5 heterocycles. The van der Waals surface area contributed by atoms with Gasteiger partial charge in [-0.2, -0.15) is 0 Å². The molecule has 9 nitrogen and oxygen atoms in total. The number of amides is 1. The highest BCUT2D eigenvalue weighted by Gasteiger charge is 2.35. The standard InChI is InChI=1S/C28H23F2N5O4S/c1-2-35-9-6-20-19(5-8-31-27(20)35)22-4-3-16-14-32-18(13-23(16)34-22)15-33-28(36)17-11-21(29)26-24(12-17)40(37,38)25(30)7-10-39-26/h3-6,8-9,11-14,25H,2,7,10,15H2,1H3,(H,33,36)/t25-/m1/s1. The minimum absolute atomic E-state index is 0.0345. The van der Waals surface area contributed by atoms with Crippen LogP contribution in [0.15, 0.2) is 66.0 Å². The van der Waals surface area contributed by atoms with Gasteiger partial charge in [-0.25, -0.2) is 27.2 Å². The monoisotopic (exact) mass is 563 g/mol. The fourth-order valence-electron chi connectivity index (χ4n) is 4.74. The normalized spacial score (nSPS) is 16.3. The van der Waals surface area contributed by atoms with E-state index in [4.69, 9.17) is 9.72 Å². The molecule has 1 amide bonds. The Morgan fingerprint density at radius 3 is 2.85 bits per heavy atom. The number of ether oxygens (including phenoxy) is 1. The molecule has 1 atom stereocenters. The highest BCUT2D eigenvalue weighted by molar-refractivity contribution is 7.92. The zero-order chi connectivity index (χ0) is 28.0. The van der Waals surface area contributed by atoms with Crippen molar-refractivity contribution in [1.82, 2.24) is 24.8 Å². The first-order valence-corrected chi connectivity index (χ1v) is 14.1. The van der Waals surface area contributed by atoms with E-state index in [2.05, 4.69) is 19.9 Å². The van der Waals surface area contributed by atoms with Crippen LogP contribution >= 0.6 is 0 Å². The molecule has 0 radical (unpaired) electrons. The van der Waals surface area contributed by atoms with Gasteiger partial charge in [0.15, 0.2) is 11.6 Å². The van der Waals surface area contributed by atoms with Crippen molar-refractivity contribution in [3.05, 3.63) is 78.1 Å². The Labute approximate surface area is 227 Å². The zero-order valence-electron chi connectivity index (χ0n) is 21.3. The number of aromatic nitrogens is 4. The number of alkyl halides is 1. The molecule has 204 valence electrons. The number of aryl methyl sites for hydroxylation is 1. The van der Waals surface area contributed by atoms with Crippen LogP contribution in [0.5, 0.6) is 5.75 Å². The number of halogens is 2. The van der Waals surface area contributed by atoms with Crippen LogP contribution in [0.2, 0.25) is 0 Å². The average Bonchev–Trinajstić information content (AvgIpc) is 3.34. The van der Waals surface area contributed by atoms with Crippen molar-refractivity contribution >= 4 is 37.7 Å². The molecule has 1 aliphatic rings. The largest absolute Gasteiger partial charge is 0.489 e. The molecule has 0 unspecified atom stereocenters. The summed E-state index contributed by atoms with van der Waals surface area (Å²) in [6.07, 6.45) is 4.94. The minimum Gasteiger partial charge on any atom is -0.489 e. The molecule has 1 aromatic carbocycles. The van der Waals surface area contributed by atoms with Crippen molar-refractivity contribution in [2.24, 2.45) is 0 Å². The number of carbonyl (C=O) groups excluding carboxylic acids is 1.